The van der Waals surface area contributed by atoms with Crippen molar-refractivity contribution in [3.63, 3.8) is 0 Å². The van der Waals surface area contributed by atoms with E-state index < -0.39 is 0 Å². The molecule has 1 fully saturated rings. The van der Waals surface area contributed by atoms with Crippen molar-refractivity contribution in [2.75, 3.05) is 13.1 Å². The summed E-state index contributed by atoms with van der Waals surface area (Å²) in [5.41, 5.74) is 1.39. The third-order valence-electron chi connectivity index (χ3n) is 4.25. The second kappa shape index (κ2) is 6.72. The zero-order valence-electron chi connectivity index (χ0n) is 13.8. The summed E-state index contributed by atoms with van der Waals surface area (Å²) in [4.78, 5) is 28.1. The quantitative estimate of drug-likeness (QED) is 0.718. The molecule has 25 heavy (non-hydrogen) atoms. The van der Waals surface area contributed by atoms with Crippen molar-refractivity contribution in [1.29, 1.82) is 0 Å². The van der Waals surface area contributed by atoms with Gasteiger partial charge in [-0.2, -0.15) is 4.98 Å². The average Bonchev–Trinajstić information content (AvgIpc) is 3.34. The number of piperidine rings is 1. The van der Waals surface area contributed by atoms with Crippen molar-refractivity contribution in [1.82, 2.24) is 25.0 Å². The Kier molecular flexibility index (Phi) is 4.27. The van der Waals surface area contributed by atoms with Crippen LogP contribution in [-0.2, 0) is 0 Å². The lowest BCUT2D eigenvalue weighted by molar-refractivity contribution is 0.0708. The van der Waals surface area contributed by atoms with Gasteiger partial charge in [-0.1, -0.05) is 11.2 Å². The lowest BCUT2D eigenvalue weighted by Crippen LogP contribution is -2.39. The standard InChI is InChI=1S/C17H17N5O2S/c1-11-8-19-13(9-18-11)16-20-15(21-24-16)12-4-2-6-22(10-12)17(23)14-5-3-7-25-14/h3,5,7-9,12H,2,4,6,10H2,1H3/t12-/m0/s1. The number of thiophene rings is 1. The molecule has 0 spiro atoms. The summed E-state index contributed by atoms with van der Waals surface area (Å²) in [5.74, 6) is 1.15. The van der Waals surface area contributed by atoms with E-state index in [0.717, 1.165) is 30.0 Å². The van der Waals surface area contributed by atoms with E-state index in [0.29, 0.717) is 24.0 Å². The SMILES string of the molecule is Cc1cnc(-c2nc([C@H]3CCCN(C(=O)c4cccs4)C3)no2)cn1. The van der Waals surface area contributed by atoms with Gasteiger partial charge in [0, 0.05) is 25.2 Å². The van der Waals surface area contributed by atoms with Gasteiger partial charge in [-0.25, -0.2) is 4.98 Å². The van der Waals surface area contributed by atoms with Crippen molar-refractivity contribution in [3.8, 4) is 11.6 Å². The normalized spacial score (nSPS) is 17.6. The molecule has 0 aromatic carbocycles. The Balaban J connectivity index is 1.50. The molecule has 3 aromatic heterocycles. The number of carbonyl (C=O) groups excluding carboxylic acids is 1. The van der Waals surface area contributed by atoms with Crippen LogP contribution in [0.3, 0.4) is 0 Å². The summed E-state index contributed by atoms with van der Waals surface area (Å²) in [7, 11) is 0. The van der Waals surface area contributed by atoms with Crippen LogP contribution in [-0.4, -0.2) is 44.0 Å². The Morgan fingerprint density at radius 2 is 2.28 bits per heavy atom. The molecule has 7 nitrogen and oxygen atoms in total. The van der Waals surface area contributed by atoms with Crippen LogP contribution >= 0.6 is 11.3 Å². The number of carbonyl (C=O) groups is 1. The highest BCUT2D eigenvalue weighted by Crippen LogP contribution is 2.28. The zero-order valence-corrected chi connectivity index (χ0v) is 14.6. The van der Waals surface area contributed by atoms with Crippen LogP contribution in [0.25, 0.3) is 11.6 Å². The van der Waals surface area contributed by atoms with Gasteiger partial charge in [0.15, 0.2) is 5.82 Å². The van der Waals surface area contributed by atoms with E-state index in [1.807, 2.05) is 29.3 Å². The molecule has 0 aliphatic carbocycles. The Morgan fingerprint density at radius 1 is 1.36 bits per heavy atom. The molecule has 4 heterocycles. The summed E-state index contributed by atoms with van der Waals surface area (Å²) in [5, 5.41) is 6.03. The molecule has 4 rings (SSSR count). The molecule has 0 bridgehead atoms. The molecule has 0 saturated carbocycles. The first-order valence-electron chi connectivity index (χ1n) is 8.16. The average molecular weight is 355 g/mol. The minimum Gasteiger partial charge on any atom is -0.337 e. The Morgan fingerprint density at radius 3 is 3.04 bits per heavy atom. The van der Waals surface area contributed by atoms with Crippen LogP contribution in [0.5, 0.6) is 0 Å². The number of nitrogens with zero attached hydrogens (tertiary/aromatic N) is 5. The second-order valence-corrected chi connectivity index (χ2v) is 7.02. The molecule has 1 saturated heterocycles. The van der Waals surface area contributed by atoms with Crippen molar-refractivity contribution in [3.05, 3.63) is 46.3 Å². The van der Waals surface area contributed by atoms with Crippen molar-refractivity contribution in [2.45, 2.75) is 25.7 Å². The first kappa shape index (κ1) is 15.9. The molecule has 1 atom stereocenters. The fourth-order valence-corrected chi connectivity index (χ4v) is 3.63. The summed E-state index contributed by atoms with van der Waals surface area (Å²) in [6.45, 7) is 3.24. The minimum absolute atomic E-state index is 0.0767. The lowest BCUT2D eigenvalue weighted by atomic mass is 9.97. The van der Waals surface area contributed by atoms with Gasteiger partial charge < -0.3 is 9.42 Å². The Bertz CT molecular complexity index is 860. The first-order chi connectivity index (χ1) is 12.2. The first-order valence-corrected chi connectivity index (χ1v) is 9.04. The third-order valence-corrected chi connectivity index (χ3v) is 5.11. The van der Waals surface area contributed by atoms with E-state index in [1.54, 1.807) is 12.4 Å². The summed E-state index contributed by atoms with van der Waals surface area (Å²) in [6.07, 6.45) is 5.16. The molecule has 128 valence electrons. The molecule has 0 N–H and O–H groups in total. The van der Waals surface area contributed by atoms with Crippen molar-refractivity contribution in [2.24, 2.45) is 0 Å². The number of hydrogen-bond donors (Lipinski definition) is 0. The summed E-state index contributed by atoms with van der Waals surface area (Å²) in [6, 6.07) is 3.76. The number of amides is 1. The monoisotopic (exact) mass is 355 g/mol. The van der Waals surface area contributed by atoms with Gasteiger partial charge >= 0.3 is 0 Å². The van der Waals surface area contributed by atoms with Crippen LogP contribution in [0.4, 0.5) is 0 Å². The molecular weight excluding hydrogens is 338 g/mol. The molecule has 0 unspecified atom stereocenters. The van der Waals surface area contributed by atoms with E-state index in [1.165, 1.54) is 11.3 Å². The highest BCUT2D eigenvalue weighted by Gasteiger charge is 2.29. The van der Waals surface area contributed by atoms with Crippen LogP contribution < -0.4 is 0 Å². The van der Waals surface area contributed by atoms with Gasteiger partial charge in [-0.3, -0.25) is 9.78 Å². The van der Waals surface area contributed by atoms with Gasteiger partial charge in [0.2, 0.25) is 0 Å². The van der Waals surface area contributed by atoms with Crippen LogP contribution in [0.2, 0.25) is 0 Å². The number of rotatable bonds is 3. The predicted molar refractivity (Wildman–Crippen MR) is 92.3 cm³/mol. The van der Waals surface area contributed by atoms with Gasteiger partial charge in [0.1, 0.15) is 5.69 Å². The predicted octanol–water partition coefficient (Wildman–Crippen LogP) is 2.92. The molecular formula is C17H17N5O2S. The maximum Gasteiger partial charge on any atom is 0.278 e. The zero-order chi connectivity index (χ0) is 17.2. The topological polar surface area (TPSA) is 85.0 Å². The molecule has 3 aromatic rings. The number of aromatic nitrogens is 4. The van der Waals surface area contributed by atoms with E-state index in [-0.39, 0.29) is 11.8 Å². The smallest absolute Gasteiger partial charge is 0.278 e. The van der Waals surface area contributed by atoms with E-state index in [4.69, 9.17) is 4.52 Å². The van der Waals surface area contributed by atoms with Crippen LogP contribution in [0.1, 0.15) is 39.9 Å². The van der Waals surface area contributed by atoms with Gasteiger partial charge in [0.25, 0.3) is 11.8 Å². The minimum atomic E-state index is 0.0767. The number of hydrogen-bond acceptors (Lipinski definition) is 7. The Labute approximate surface area is 148 Å². The molecule has 1 amide bonds. The van der Waals surface area contributed by atoms with E-state index in [2.05, 4.69) is 20.1 Å². The molecule has 1 aliphatic heterocycles. The number of aryl methyl sites for hydroxylation is 1. The molecule has 0 radical (unpaired) electrons. The summed E-state index contributed by atoms with van der Waals surface area (Å²) >= 11 is 1.47. The fourth-order valence-electron chi connectivity index (χ4n) is 2.94. The van der Waals surface area contributed by atoms with E-state index >= 15 is 0 Å². The lowest BCUT2D eigenvalue weighted by Gasteiger charge is -2.30. The molecule has 8 heteroatoms. The largest absolute Gasteiger partial charge is 0.337 e. The highest BCUT2D eigenvalue weighted by molar-refractivity contribution is 7.12. The molecule has 1 aliphatic rings. The van der Waals surface area contributed by atoms with Crippen LogP contribution in [0, 0.1) is 6.92 Å². The van der Waals surface area contributed by atoms with Crippen LogP contribution in [0.15, 0.2) is 34.4 Å². The van der Waals surface area contributed by atoms with Crippen molar-refractivity contribution < 1.29 is 9.32 Å². The van der Waals surface area contributed by atoms with Crippen molar-refractivity contribution >= 4 is 17.2 Å². The van der Waals surface area contributed by atoms with E-state index in [9.17, 15) is 4.79 Å². The van der Waals surface area contributed by atoms with Gasteiger partial charge in [-0.15, -0.1) is 11.3 Å². The van der Waals surface area contributed by atoms with Gasteiger partial charge in [0.05, 0.1) is 16.8 Å². The Hall–Kier alpha value is -2.61. The second-order valence-electron chi connectivity index (χ2n) is 6.07. The summed E-state index contributed by atoms with van der Waals surface area (Å²) < 4.78 is 5.35. The maximum atomic E-state index is 12.6. The highest BCUT2D eigenvalue weighted by atomic mass is 32.1. The maximum absolute atomic E-state index is 12.6. The third kappa shape index (κ3) is 3.30. The van der Waals surface area contributed by atoms with Gasteiger partial charge in [-0.05, 0) is 31.2 Å². The fraction of sp³-hybridized carbons (Fsp3) is 0.353. The number of likely N-dealkylation sites (tertiary alicyclic amines) is 1.